The van der Waals surface area contributed by atoms with Crippen molar-refractivity contribution in [3.63, 3.8) is 0 Å². The zero-order valence-electron chi connectivity index (χ0n) is 9.67. The highest BCUT2D eigenvalue weighted by molar-refractivity contribution is 6.29. The Bertz CT molecular complexity index is 594. The second-order valence-electron chi connectivity index (χ2n) is 3.76. The molecule has 2 rings (SSSR count). The summed E-state index contributed by atoms with van der Waals surface area (Å²) in [5.74, 6) is -1.83. The molecule has 0 spiro atoms. The van der Waals surface area contributed by atoms with Gasteiger partial charge in [0.25, 0.3) is 5.91 Å². The number of carboxylic acid groups (broad SMARTS) is 1. The van der Waals surface area contributed by atoms with E-state index < -0.39 is 17.9 Å². The predicted octanol–water partition coefficient (Wildman–Crippen LogP) is 2.49. The zero-order chi connectivity index (χ0) is 13.8. The molecule has 98 valence electrons. The molecule has 0 fully saturated rings. The van der Waals surface area contributed by atoms with Gasteiger partial charge in [-0.05, 0) is 29.3 Å². The van der Waals surface area contributed by atoms with Gasteiger partial charge in [0.1, 0.15) is 0 Å². The van der Waals surface area contributed by atoms with Crippen LogP contribution in [0.4, 0.5) is 0 Å². The monoisotopic (exact) mass is 279 g/mol. The molecule has 6 heteroatoms. The normalized spacial score (nSPS) is 11.8. The third-order valence-corrected chi connectivity index (χ3v) is 2.66. The summed E-state index contributed by atoms with van der Waals surface area (Å²) in [5, 5.41) is 11.6. The van der Waals surface area contributed by atoms with Crippen molar-refractivity contribution in [2.45, 2.75) is 6.04 Å². The largest absolute Gasteiger partial charge is 0.479 e. The summed E-state index contributed by atoms with van der Waals surface area (Å²) in [5.41, 5.74) is 0.473. The number of hydrogen-bond acceptors (Lipinski definition) is 3. The number of nitrogens with one attached hydrogen (secondary N) is 1. The average Bonchev–Trinajstić information content (AvgIpc) is 2.83. The second kappa shape index (κ2) is 5.58. The van der Waals surface area contributed by atoms with Crippen molar-refractivity contribution in [1.29, 1.82) is 0 Å². The summed E-state index contributed by atoms with van der Waals surface area (Å²) in [6.07, 6.45) is 0. The van der Waals surface area contributed by atoms with E-state index in [0.717, 1.165) is 0 Å². The van der Waals surface area contributed by atoms with Crippen LogP contribution in [0, 0.1) is 0 Å². The topological polar surface area (TPSA) is 79.5 Å². The Balaban J connectivity index is 2.18. The number of halogens is 1. The van der Waals surface area contributed by atoms with Gasteiger partial charge in [-0.2, -0.15) is 0 Å². The quantitative estimate of drug-likeness (QED) is 0.901. The molecule has 0 bridgehead atoms. The Hall–Kier alpha value is -2.27. The van der Waals surface area contributed by atoms with Crippen molar-refractivity contribution in [3.8, 4) is 0 Å². The molecule has 1 amide bonds. The fraction of sp³-hybridized carbons (Fsp3) is 0.0769. The third kappa shape index (κ3) is 3.14. The van der Waals surface area contributed by atoms with Crippen LogP contribution in [-0.2, 0) is 4.79 Å². The molecule has 2 aromatic rings. The Kier molecular flexibility index (Phi) is 3.87. The molecule has 1 heterocycles. The summed E-state index contributed by atoms with van der Waals surface area (Å²) in [6.45, 7) is 0. The molecule has 0 aliphatic carbocycles. The van der Waals surface area contributed by atoms with Gasteiger partial charge in [-0.15, -0.1) is 0 Å². The molecule has 19 heavy (non-hydrogen) atoms. The average molecular weight is 280 g/mol. The lowest BCUT2D eigenvalue weighted by Gasteiger charge is -2.13. The van der Waals surface area contributed by atoms with E-state index >= 15 is 0 Å². The first-order chi connectivity index (χ1) is 9.08. The highest BCUT2D eigenvalue weighted by Gasteiger charge is 2.23. The molecule has 0 radical (unpaired) electrons. The summed E-state index contributed by atoms with van der Waals surface area (Å²) in [6, 6.07) is 10.0. The van der Waals surface area contributed by atoms with E-state index in [9.17, 15) is 9.59 Å². The molecular weight excluding hydrogens is 270 g/mol. The Morgan fingerprint density at radius 3 is 2.37 bits per heavy atom. The molecule has 0 saturated heterocycles. The van der Waals surface area contributed by atoms with E-state index in [1.54, 1.807) is 30.3 Å². The van der Waals surface area contributed by atoms with Gasteiger partial charge in [-0.1, -0.05) is 30.3 Å². The van der Waals surface area contributed by atoms with Crippen molar-refractivity contribution >= 4 is 23.5 Å². The van der Waals surface area contributed by atoms with Gasteiger partial charge in [0, 0.05) is 0 Å². The Morgan fingerprint density at radius 2 is 1.84 bits per heavy atom. The lowest BCUT2D eigenvalue weighted by molar-refractivity contribution is -0.139. The molecule has 1 aromatic carbocycles. The molecule has 0 aliphatic heterocycles. The van der Waals surface area contributed by atoms with E-state index in [1.807, 2.05) is 0 Å². The second-order valence-corrected chi connectivity index (χ2v) is 4.13. The molecule has 0 unspecified atom stereocenters. The molecule has 0 saturated carbocycles. The van der Waals surface area contributed by atoms with Crippen LogP contribution >= 0.6 is 11.6 Å². The van der Waals surface area contributed by atoms with Gasteiger partial charge >= 0.3 is 5.97 Å². The van der Waals surface area contributed by atoms with E-state index in [-0.39, 0.29) is 11.0 Å². The van der Waals surface area contributed by atoms with E-state index in [4.69, 9.17) is 21.1 Å². The lowest BCUT2D eigenvalue weighted by atomic mass is 10.1. The van der Waals surface area contributed by atoms with Crippen molar-refractivity contribution in [2.24, 2.45) is 0 Å². The first-order valence-corrected chi connectivity index (χ1v) is 5.79. The molecule has 0 aliphatic rings. The van der Waals surface area contributed by atoms with Crippen molar-refractivity contribution in [3.05, 3.63) is 59.0 Å². The Labute approximate surface area is 113 Å². The first-order valence-electron chi connectivity index (χ1n) is 5.42. The number of carbonyl (C=O) groups excluding carboxylic acids is 1. The predicted molar refractivity (Wildman–Crippen MR) is 68.0 cm³/mol. The molecule has 2 N–H and O–H groups in total. The fourth-order valence-corrected chi connectivity index (χ4v) is 1.72. The maximum absolute atomic E-state index is 11.8. The summed E-state index contributed by atoms with van der Waals surface area (Å²) < 4.78 is 4.92. The van der Waals surface area contributed by atoms with Crippen LogP contribution in [-0.4, -0.2) is 17.0 Å². The first kappa shape index (κ1) is 13.2. The standard InChI is InChI=1S/C13H10ClNO4/c14-10-7-6-9(19-10)12(16)15-11(13(17)18)8-4-2-1-3-5-8/h1-7,11H,(H,15,16)(H,17,18)/t11-/m1/s1. The minimum atomic E-state index is -1.16. The maximum Gasteiger partial charge on any atom is 0.330 e. The third-order valence-electron chi connectivity index (χ3n) is 2.45. The molecule has 5 nitrogen and oxygen atoms in total. The van der Waals surface area contributed by atoms with Crippen LogP contribution in [0.1, 0.15) is 22.2 Å². The number of benzene rings is 1. The summed E-state index contributed by atoms with van der Waals surface area (Å²) >= 11 is 5.56. The highest BCUT2D eigenvalue weighted by atomic mass is 35.5. The zero-order valence-corrected chi connectivity index (χ0v) is 10.4. The van der Waals surface area contributed by atoms with Gasteiger partial charge in [0.05, 0.1) is 0 Å². The van der Waals surface area contributed by atoms with Crippen LogP contribution in [0.25, 0.3) is 0 Å². The van der Waals surface area contributed by atoms with Gasteiger partial charge in [-0.25, -0.2) is 4.79 Å². The minimum Gasteiger partial charge on any atom is -0.479 e. The summed E-state index contributed by atoms with van der Waals surface area (Å²) in [7, 11) is 0. The smallest absolute Gasteiger partial charge is 0.330 e. The molecule has 1 atom stereocenters. The van der Waals surface area contributed by atoms with E-state index in [2.05, 4.69) is 5.32 Å². The lowest BCUT2D eigenvalue weighted by Crippen LogP contribution is -2.33. The highest BCUT2D eigenvalue weighted by Crippen LogP contribution is 2.16. The van der Waals surface area contributed by atoms with Crippen molar-refractivity contribution in [1.82, 2.24) is 5.32 Å². The van der Waals surface area contributed by atoms with Gasteiger partial charge < -0.3 is 14.8 Å². The number of rotatable bonds is 4. The SMILES string of the molecule is O=C(N[C@@H](C(=O)O)c1ccccc1)c1ccc(Cl)o1. The number of furan rings is 1. The summed E-state index contributed by atoms with van der Waals surface area (Å²) in [4.78, 5) is 23.0. The number of aliphatic carboxylic acids is 1. The van der Waals surface area contributed by atoms with Crippen LogP contribution in [0.5, 0.6) is 0 Å². The van der Waals surface area contributed by atoms with Crippen molar-refractivity contribution in [2.75, 3.05) is 0 Å². The molecule has 1 aromatic heterocycles. The van der Waals surface area contributed by atoms with Crippen LogP contribution in [0.3, 0.4) is 0 Å². The molecular formula is C13H10ClNO4. The number of hydrogen-bond donors (Lipinski definition) is 2. The number of carbonyl (C=O) groups is 2. The van der Waals surface area contributed by atoms with Crippen LogP contribution < -0.4 is 5.32 Å². The number of carboxylic acids is 1. The van der Waals surface area contributed by atoms with Crippen LogP contribution in [0.2, 0.25) is 5.22 Å². The Morgan fingerprint density at radius 1 is 1.16 bits per heavy atom. The maximum atomic E-state index is 11.8. The number of amides is 1. The fourth-order valence-electron chi connectivity index (χ4n) is 1.57. The van der Waals surface area contributed by atoms with Gasteiger partial charge in [0.15, 0.2) is 17.0 Å². The minimum absolute atomic E-state index is 0.0350. The van der Waals surface area contributed by atoms with E-state index in [0.29, 0.717) is 5.56 Å². The van der Waals surface area contributed by atoms with Crippen LogP contribution in [0.15, 0.2) is 46.9 Å². The van der Waals surface area contributed by atoms with E-state index in [1.165, 1.54) is 12.1 Å². The van der Waals surface area contributed by atoms with Gasteiger partial charge in [0.2, 0.25) is 0 Å². The van der Waals surface area contributed by atoms with Crippen molar-refractivity contribution < 1.29 is 19.1 Å². The van der Waals surface area contributed by atoms with Gasteiger partial charge in [-0.3, -0.25) is 4.79 Å².